The zero-order valence-corrected chi connectivity index (χ0v) is 21.1. The van der Waals surface area contributed by atoms with E-state index in [2.05, 4.69) is 46.0 Å². The van der Waals surface area contributed by atoms with E-state index in [4.69, 9.17) is 9.16 Å². The number of carbonyl (C=O) groups is 1. The number of benzene rings is 1. The van der Waals surface area contributed by atoms with Crippen molar-refractivity contribution in [1.82, 2.24) is 4.90 Å². The Morgan fingerprint density at radius 1 is 1.17 bits per heavy atom. The van der Waals surface area contributed by atoms with Crippen molar-refractivity contribution in [2.75, 3.05) is 6.54 Å². The summed E-state index contributed by atoms with van der Waals surface area (Å²) in [5, 5.41) is 10.9. The quantitative estimate of drug-likeness (QED) is 0.585. The fourth-order valence-corrected chi connectivity index (χ4v) is 4.84. The maximum Gasteiger partial charge on any atom is 0.410 e. The summed E-state index contributed by atoms with van der Waals surface area (Å²) in [6.07, 6.45) is 0.888. The molecular weight excluding hydrogens is 394 g/mol. The van der Waals surface area contributed by atoms with Gasteiger partial charge in [0.05, 0.1) is 18.2 Å². The molecule has 1 fully saturated rings. The predicted octanol–water partition coefficient (Wildman–Crippen LogP) is 5.90. The zero-order chi connectivity index (χ0) is 22.7. The summed E-state index contributed by atoms with van der Waals surface area (Å²) in [6, 6.07) is 9.84. The molecule has 3 unspecified atom stereocenters. The van der Waals surface area contributed by atoms with Crippen LogP contribution >= 0.6 is 0 Å². The molecule has 1 aliphatic heterocycles. The van der Waals surface area contributed by atoms with Crippen molar-refractivity contribution in [1.29, 1.82) is 0 Å². The Kier molecular flexibility index (Phi) is 7.81. The second kappa shape index (κ2) is 9.41. The van der Waals surface area contributed by atoms with Crippen molar-refractivity contribution in [2.45, 2.75) is 103 Å². The van der Waals surface area contributed by atoms with E-state index in [9.17, 15) is 9.90 Å². The van der Waals surface area contributed by atoms with Gasteiger partial charge in [0.25, 0.3) is 0 Å². The molecule has 0 saturated carbocycles. The van der Waals surface area contributed by atoms with Gasteiger partial charge in [-0.2, -0.15) is 0 Å². The molecule has 1 heterocycles. The highest BCUT2D eigenvalue weighted by molar-refractivity contribution is 6.74. The number of aliphatic hydroxyl groups excluding tert-OH is 1. The third-order valence-corrected chi connectivity index (χ3v) is 10.7. The number of likely N-dealkylation sites (tertiary alicyclic amines) is 1. The number of amides is 1. The van der Waals surface area contributed by atoms with Crippen molar-refractivity contribution in [3.8, 4) is 0 Å². The number of ether oxygens (including phenoxy) is 1. The normalized spacial score (nSPS) is 22.0. The predicted molar refractivity (Wildman–Crippen MR) is 124 cm³/mol. The molecule has 1 saturated heterocycles. The van der Waals surface area contributed by atoms with Crippen LogP contribution in [-0.2, 0) is 9.16 Å². The van der Waals surface area contributed by atoms with Crippen LogP contribution in [0.5, 0.6) is 0 Å². The lowest BCUT2D eigenvalue weighted by molar-refractivity contribution is -0.0347. The molecule has 2 rings (SSSR count). The topological polar surface area (TPSA) is 59.0 Å². The molecule has 1 amide bonds. The van der Waals surface area contributed by atoms with Crippen LogP contribution in [0.25, 0.3) is 0 Å². The number of aliphatic hydroxyl groups is 1. The molecule has 1 N–H and O–H groups in total. The summed E-state index contributed by atoms with van der Waals surface area (Å²) < 4.78 is 12.5. The van der Waals surface area contributed by atoms with Gasteiger partial charge >= 0.3 is 6.09 Å². The van der Waals surface area contributed by atoms with Crippen molar-refractivity contribution >= 4 is 14.4 Å². The van der Waals surface area contributed by atoms with Gasteiger partial charge in [-0.05, 0) is 63.7 Å². The second-order valence-corrected chi connectivity index (χ2v) is 15.7. The van der Waals surface area contributed by atoms with Crippen LogP contribution in [0, 0.1) is 0 Å². The minimum atomic E-state index is -2.06. The van der Waals surface area contributed by atoms with E-state index in [-0.39, 0.29) is 23.3 Å². The molecule has 1 aromatic carbocycles. The Bertz CT molecular complexity index is 693. The van der Waals surface area contributed by atoms with E-state index >= 15 is 0 Å². The Morgan fingerprint density at radius 3 is 2.30 bits per heavy atom. The van der Waals surface area contributed by atoms with Crippen LogP contribution in [0.3, 0.4) is 0 Å². The molecule has 170 valence electrons. The highest BCUT2D eigenvalue weighted by Gasteiger charge is 2.42. The molecule has 0 radical (unpaired) electrons. The minimum Gasteiger partial charge on any atom is -0.444 e. The summed E-state index contributed by atoms with van der Waals surface area (Å²) in [4.78, 5) is 14.6. The largest absolute Gasteiger partial charge is 0.444 e. The lowest BCUT2D eigenvalue weighted by atomic mass is 9.92. The van der Waals surface area contributed by atoms with Gasteiger partial charge in [-0.3, -0.25) is 0 Å². The lowest BCUT2D eigenvalue weighted by Crippen LogP contribution is -2.53. The average Bonchev–Trinajstić information content (AvgIpc) is 2.60. The third kappa shape index (κ3) is 6.56. The fraction of sp³-hybridized carbons (Fsp3) is 0.708. The first-order valence-corrected chi connectivity index (χ1v) is 14.0. The molecule has 3 atom stereocenters. The summed E-state index contributed by atoms with van der Waals surface area (Å²) in [6.45, 7) is 17.4. The molecule has 0 bridgehead atoms. The molecule has 0 spiro atoms. The van der Waals surface area contributed by atoms with Crippen molar-refractivity contribution in [2.24, 2.45) is 0 Å². The highest BCUT2D eigenvalue weighted by Crippen LogP contribution is 2.41. The fourth-order valence-electron chi connectivity index (χ4n) is 3.54. The summed E-state index contributed by atoms with van der Waals surface area (Å²) in [5.41, 5.74) is 0.518. The van der Waals surface area contributed by atoms with E-state index in [1.54, 1.807) is 4.90 Å². The van der Waals surface area contributed by atoms with Gasteiger partial charge in [0.2, 0.25) is 0 Å². The number of nitrogens with zero attached hydrogens (tertiary/aromatic N) is 1. The first-order chi connectivity index (χ1) is 13.7. The maximum absolute atomic E-state index is 12.9. The van der Waals surface area contributed by atoms with Gasteiger partial charge in [-0.15, -0.1) is 0 Å². The first-order valence-electron chi connectivity index (χ1n) is 11.1. The lowest BCUT2D eigenvalue weighted by Gasteiger charge is -2.44. The molecule has 6 heteroatoms. The van der Waals surface area contributed by atoms with Crippen molar-refractivity contribution in [3.05, 3.63) is 35.9 Å². The Balaban J connectivity index is 2.32. The van der Waals surface area contributed by atoms with E-state index in [0.717, 1.165) is 12.0 Å². The molecule has 5 nitrogen and oxygen atoms in total. The molecule has 1 aliphatic rings. The van der Waals surface area contributed by atoms with Crippen LogP contribution < -0.4 is 0 Å². The second-order valence-electron chi connectivity index (χ2n) is 11.0. The van der Waals surface area contributed by atoms with E-state index in [1.165, 1.54) is 0 Å². The average molecular weight is 436 g/mol. The minimum absolute atomic E-state index is 0.0655. The maximum atomic E-state index is 12.9. The summed E-state index contributed by atoms with van der Waals surface area (Å²) >= 11 is 0. The van der Waals surface area contributed by atoms with Gasteiger partial charge in [0.15, 0.2) is 8.32 Å². The molecular formula is C24H41NO4Si. The van der Waals surface area contributed by atoms with Gasteiger partial charge in [-0.25, -0.2) is 4.79 Å². The molecule has 1 aromatic rings. The Labute approximate surface area is 183 Å². The van der Waals surface area contributed by atoms with Crippen molar-refractivity contribution in [3.63, 3.8) is 0 Å². The highest BCUT2D eigenvalue weighted by atomic mass is 28.4. The Morgan fingerprint density at radius 2 is 1.77 bits per heavy atom. The van der Waals surface area contributed by atoms with Crippen LogP contribution in [0.1, 0.15) is 72.5 Å². The van der Waals surface area contributed by atoms with Crippen LogP contribution in [0.15, 0.2) is 30.3 Å². The Hall–Kier alpha value is -1.37. The number of hydrogen-bond donors (Lipinski definition) is 1. The standard InChI is InChI=1S/C24H41NO4Si/c1-23(2,3)28-22(27)25-16-12-15-20(26)19(25)17-21(18-13-10-9-11-14-18)29-30(7,8)24(4,5)6/h9-11,13-14,19-21,26H,12,15-17H2,1-8H3. The number of carbonyl (C=O) groups excluding carboxylic acids is 1. The number of piperidine rings is 1. The van der Waals surface area contributed by atoms with E-state index < -0.39 is 20.0 Å². The zero-order valence-electron chi connectivity index (χ0n) is 20.1. The monoisotopic (exact) mass is 435 g/mol. The van der Waals surface area contributed by atoms with Gasteiger partial charge in [0, 0.05) is 6.54 Å². The van der Waals surface area contributed by atoms with Crippen LogP contribution in [-0.4, -0.2) is 48.7 Å². The molecule has 0 aliphatic carbocycles. The summed E-state index contributed by atoms with van der Waals surface area (Å²) in [5.74, 6) is 0. The van der Waals surface area contributed by atoms with Crippen LogP contribution in [0.4, 0.5) is 4.79 Å². The van der Waals surface area contributed by atoms with Gasteiger partial charge in [0.1, 0.15) is 5.60 Å². The molecule has 30 heavy (non-hydrogen) atoms. The first kappa shape index (κ1) is 24.9. The van der Waals surface area contributed by atoms with Crippen LogP contribution in [0.2, 0.25) is 18.1 Å². The SMILES string of the molecule is CC(C)(C)OC(=O)N1CCCC(O)C1CC(O[Si](C)(C)C(C)(C)C)c1ccccc1. The number of rotatable bonds is 5. The smallest absolute Gasteiger partial charge is 0.410 e. The van der Waals surface area contributed by atoms with E-state index in [0.29, 0.717) is 19.4 Å². The third-order valence-electron chi connectivity index (χ3n) is 6.24. The van der Waals surface area contributed by atoms with Gasteiger partial charge in [-0.1, -0.05) is 51.1 Å². The number of hydrogen-bond acceptors (Lipinski definition) is 4. The van der Waals surface area contributed by atoms with E-state index in [1.807, 2.05) is 39.0 Å². The molecule has 0 aromatic heterocycles. The summed E-state index contributed by atoms with van der Waals surface area (Å²) in [7, 11) is -2.06. The van der Waals surface area contributed by atoms with Crippen molar-refractivity contribution < 1.29 is 19.1 Å². The van der Waals surface area contributed by atoms with Gasteiger partial charge < -0.3 is 19.2 Å².